The topological polar surface area (TPSA) is 46.2 Å². The summed E-state index contributed by atoms with van der Waals surface area (Å²) < 4.78 is 6.15. The molecule has 2 aromatic carbocycles. The Morgan fingerprint density at radius 2 is 2.12 bits per heavy atom. The molecule has 26 heavy (non-hydrogen) atoms. The normalized spacial score (nSPS) is 16.8. The summed E-state index contributed by atoms with van der Waals surface area (Å²) in [6, 6.07) is 12.2. The monoisotopic (exact) mass is 367 g/mol. The van der Waals surface area contributed by atoms with Crippen molar-refractivity contribution in [2.24, 2.45) is 0 Å². The highest BCUT2D eigenvalue weighted by Crippen LogP contribution is 2.40. The highest BCUT2D eigenvalue weighted by atomic mass is 35.5. The van der Waals surface area contributed by atoms with E-state index in [9.17, 15) is 0 Å². The molecule has 2 N–H and O–H groups in total. The van der Waals surface area contributed by atoms with Gasteiger partial charge in [-0.3, -0.25) is 4.98 Å². The molecule has 3 aromatic rings. The van der Waals surface area contributed by atoms with Crippen LogP contribution in [0, 0.1) is 6.92 Å². The zero-order valence-electron chi connectivity index (χ0n) is 15.0. The van der Waals surface area contributed by atoms with E-state index in [0.29, 0.717) is 5.02 Å². The van der Waals surface area contributed by atoms with Crippen molar-refractivity contribution in [3.63, 3.8) is 0 Å². The summed E-state index contributed by atoms with van der Waals surface area (Å²) in [6.07, 6.45) is 3.07. The van der Waals surface area contributed by atoms with Gasteiger partial charge < -0.3 is 15.4 Å². The van der Waals surface area contributed by atoms with Gasteiger partial charge in [-0.25, -0.2) is 0 Å². The molecule has 0 aliphatic carbocycles. The number of aromatic nitrogens is 1. The summed E-state index contributed by atoms with van der Waals surface area (Å²) in [5, 5.41) is 8.30. The van der Waals surface area contributed by atoms with E-state index < -0.39 is 0 Å². The lowest BCUT2D eigenvalue weighted by atomic mass is 9.96. The second kappa shape index (κ2) is 7.14. The van der Waals surface area contributed by atoms with Gasteiger partial charge in [0.2, 0.25) is 0 Å². The Morgan fingerprint density at radius 1 is 1.23 bits per heavy atom. The van der Waals surface area contributed by atoms with Crippen LogP contribution in [-0.2, 0) is 0 Å². The van der Waals surface area contributed by atoms with Gasteiger partial charge in [0.05, 0.1) is 16.2 Å². The molecule has 1 saturated heterocycles. The van der Waals surface area contributed by atoms with E-state index in [1.807, 2.05) is 31.3 Å². The highest BCUT2D eigenvalue weighted by Gasteiger charge is 2.18. The van der Waals surface area contributed by atoms with Crippen molar-refractivity contribution in [2.75, 3.05) is 25.5 Å². The first-order valence-electron chi connectivity index (χ1n) is 8.90. The Labute approximate surface area is 158 Å². The fourth-order valence-electron chi connectivity index (χ4n) is 3.55. The van der Waals surface area contributed by atoms with Crippen molar-refractivity contribution < 1.29 is 4.74 Å². The van der Waals surface area contributed by atoms with Gasteiger partial charge >= 0.3 is 0 Å². The number of hydrogen-bond donors (Lipinski definition) is 2. The van der Waals surface area contributed by atoms with Gasteiger partial charge in [-0.2, -0.15) is 0 Å². The third-order valence-electron chi connectivity index (χ3n) is 4.91. The maximum absolute atomic E-state index is 6.56. The number of aryl methyl sites for hydroxylation is 1. The molecular weight excluding hydrogens is 346 g/mol. The van der Waals surface area contributed by atoms with E-state index in [1.54, 1.807) is 6.20 Å². The molecule has 1 unspecified atom stereocenters. The van der Waals surface area contributed by atoms with Crippen LogP contribution in [-0.4, -0.2) is 31.2 Å². The lowest BCUT2D eigenvalue weighted by Crippen LogP contribution is -2.19. The third-order valence-corrected chi connectivity index (χ3v) is 5.22. The van der Waals surface area contributed by atoms with Crippen LogP contribution in [0.4, 0.5) is 5.69 Å². The first-order valence-corrected chi connectivity index (χ1v) is 9.28. The maximum atomic E-state index is 6.56. The second-order valence-corrected chi connectivity index (χ2v) is 7.05. The molecule has 0 saturated carbocycles. The summed E-state index contributed by atoms with van der Waals surface area (Å²) >= 11 is 6.56. The van der Waals surface area contributed by atoms with E-state index in [-0.39, 0.29) is 6.10 Å². The number of benzene rings is 2. The van der Waals surface area contributed by atoms with Gasteiger partial charge in [-0.15, -0.1) is 0 Å². The van der Waals surface area contributed by atoms with Crippen molar-refractivity contribution in [3.8, 4) is 16.9 Å². The fraction of sp³-hybridized carbons (Fsp3) is 0.286. The van der Waals surface area contributed by atoms with E-state index >= 15 is 0 Å². The van der Waals surface area contributed by atoms with Crippen molar-refractivity contribution in [2.45, 2.75) is 19.4 Å². The van der Waals surface area contributed by atoms with E-state index in [2.05, 4.69) is 34.7 Å². The van der Waals surface area contributed by atoms with Crippen LogP contribution in [0.5, 0.6) is 5.75 Å². The van der Waals surface area contributed by atoms with Crippen molar-refractivity contribution in [1.82, 2.24) is 10.3 Å². The van der Waals surface area contributed by atoms with Crippen molar-refractivity contribution in [1.29, 1.82) is 0 Å². The molecule has 1 aliphatic rings. The molecule has 0 amide bonds. The Hall–Kier alpha value is -2.30. The molecule has 1 atom stereocenters. The maximum Gasteiger partial charge on any atom is 0.120 e. The first-order chi connectivity index (χ1) is 12.7. The molecule has 4 nitrogen and oxygen atoms in total. The van der Waals surface area contributed by atoms with Gasteiger partial charge in [0.25, 0.3) is 0 Å². The Morgan fingerprint density at radius 3 is 2.88 bits per heavy atom. The quantitative estimate of drug-likeness (QED) is 0.704. The summed E-state index contributed by atoms with van der Waals surface area (Å²) in [6.45, 7) is 4.02. The molecule has 4 rings (SSSR count). The van der Waals surface area contributed by atoms with Crippen LogP contribution in [0.2, 0.25) is 5.02 Å². The van der Waals surface area contributed by atoms with Gasteiger partial charge in [0.15, 0.2) is 0 Å². The van der Waals surface area contributed by atoms with Gasteiger partial charge in [-0.1, -0.05) is 17.7 Å². The number of anilines is 1. The first kappa shape index (κ1) is 17.1. The van der Waals surface area contributed by atoms with Crippen LogP contribution < -0.4 is 15.4 Å². The number of rotatable bonds is 4. The molecule has 134 valence electrons. The molecule has 0 bridgehead atoms. The number of fused-ring (bicyclic) bond motifs is 1. The van der Waals surface area contributed by atoms with Crippen molar-refractivity contribution >= 4 is 28.2 Å². The number of ether oxygens (including phenoxy) is 1. The minimum atomic E-state index is 0.233. The van der Waals surface area contributed by atoms with E-state index in [1.165, 1.54) is 5.56 Å². The SMILES string of the molecule is CNc1c(-c2cc(OC3CCNC3)ccc2C)cc(Cl)c2cccnc12. The number of pyridine rings is 1. The lowest BCUT2D eigenvalue weighted by molar-refractivity contribution is 0.223. The zero-order valence-corrected chi connectivity index (χ0v) is 15.7. The standard InChI is InChI=1S/C21H22ClN3O/c1-13-5-6-14(26-15-7-9-24-12-15)10-17(13)18-11-19(22)16-4-3-8-25-21(16)20(18)23-2/h3-6,8,10-11,15,23-24H,7,9,12H2,1-2H3. The predicted molar refractivity (Wildman–Crippen MR) is 108 cm³/mol. The van der Waals surface area contributed by atoms with E-state index in [0.717, 1.165) is 53.0 Å². The highest BCUT2D eigenvalue weighted by molar-refractivity contribution is 6.36. The molecule has 5 heteroatoms. The van der Waals surface area contributed by atoms with Crippen LogP contribution in [0.3, 0.4) is 0 Å². The summed E-state index contributed by atoms with van der Waals surface area (Å²) in [4.78, 5) is 4.55. The second-order valence-electron chi connectivity index (χ2n) is 6.64. The predicted octanol–water partition coefficient (Wildman–Crippen LogP) is 4.65. The summed E-state index contributed by atoms with van der Waals surface area (Å²) in [5.41, 5.74) is 5.17. The number of nitrogens with one attached hydrogen (secondary N) is 2. The summed E-state index contributed by atoms with van der Waals surface area (Å²) in [7, 11) is 1.92. The Balaban J connectivity index is 1.84. The lowest BCUT2D eigenvalue weighted by Gasteiger charge is -2.18. The Bertz CT molecular complexity index is 951. The third kappa shape index (κ3) is 3.11. The van der Waals surface area contributed by atoms with Crippen molar-refractivity contribution in [3.05, 3.63) is 53.2 Å². The molecule has 2 heterocycles. The number of halogens is 1. The zero-order chi connectivity index (χ0) is 18.1. The molecule has 0 spiro atoms. The summed E-state index contributed by atoms with van der Waals surface area (Å²) in [5.74, 6) is 0.888. The van der Waals surface area contributed by atoms with Gasteiger partial charge in [-0.05, 0) is 61.3 Å². The molecular formula is C21H22ClN3O. The van der Waals surface area contributed by atoms with Crippen LogP contribution in [0.15, 0.2) is 42.6 Å². The average Bonchev–Trinajstić information content (AvgIpc) is 3.16. The van der Waals surface area contributed by atoms with Crippen LogP contribution in [0.25, 0.3) is 22.0 Å². The molecule has 1 fully saturated rings. The smallest absolute Gasteiger partial charge is 0.120 e. The molecule has 1 aromatic heterocycles. The van der Waals surface area contributed by atoms with E-state index in [4.69, 9.17) is 16.3 Å². The minimum Gasteiger partial charge on any atom is -0.489 e. The minimum absolute atomic E-state index is 0.233. The van der Waals surface area contributed by atoms with Gasteiger partial charge in [0, 0.05) is 30.7 Å². The van der Waals surface area contributed by atoms with Gasteiger partial charge in [0.1, 0.15) is 11.9 Å². The number of nitrogens with zero attached hydrogens (tertiary/aromatic N) is 1. The Kier molecular flexibility index (Phi) is 4.70. The number of hydrogen-bond acceptors (Lipinski definition) is 4. The average molecular weight is 368 g/mol. The van der Waals surface area contributed by atoms with Crippen LogP contribution in [0.1, 0.15) is 12.0 Å². The molecule has 1 aliphatic heterocycles. The molecule has 0 radical (unpaired) electrons. The largest absolute Gasteiger partial charge is 0.489 e. The fourth-order valence-corrected chi connectivity index (χ4v) is 3.81. The van der Waals surface area contributed by atoms with Crippen LogP contribution >= 0.6 is 11.6 Å².